The first-order valence-electron chi connectivity index (χ1n) is 6.10. The molecule has 2 aromatic rings. The number of hydrogen-bond acceptors (Lipinski definition) is 4. The zero-order chi connectivity index (χ0) is 15.4. The highest BCUT2D eigenvalue weighted by atomic mass is 32.2. The van der Waals surface area contributed by atoms with Crippen LogP contribution >= 0.6 is 0 Å². The van der Waals surface area contributed by atoms with Crippen LogP contribution in [0.25, 0.3) is 0 Å². The minimum Gasteiger partial charge on any atom is -0.289 e. The van der Waals surface area contributed by atoms with E-state index in [2.05, 4.69) is 0 Å². The van der Waals surface area contributed by atoms with Gasteiger partial charge in [-0.3, -0.25) is 14.1 Å². The van der Waals surface area contributed by atoms with Gasteiger partial charge in [-0.2, -0.15) is 8.42 Å². The first kappa shape index (κ1) is 13.7. The third kappa shape index (κ3) is 2.09. The molecule has 0 saturated heterocycles. The number of benzene rings is 2. The number of aryl methyl sites for hydroxylation is 1. The number of ketones is 2. The van der Waals surface area contributed by atoms with Gasteiger partial charge in [-0.05, 0) is 31.2 Å². The maximum Gasteiger partial charge on any atom is 0.294 e. The van der Waals surface area contributed by atoms with Crippen LogP contribution in [0.1, 0.15) is 37.4 Å². The highest BCUT2D eigenvalue weighted by molar-refractivity contribution is 7.85. The SMILES string of the molecule is Cc1ccc2c(c1)C(=O)c1ccc(S(=O)(=O)O)cc1C2=O. The molecule has 0 saturated carbocycles. The monoisotopic (exact) mass is 302 g/mol. The summed E-state index contributed by atoms with van der Waals surface area (Å²) in [6.45, 7) is 1.81. The van der Waals surface area contributed by atoms with Crippen molar-refractivity contribution in [2.24, 2.45) is 0 Å². The van der Waals surface area contributed by atoms with Gasteiger partial charge in [-0.25, -0.2) is 0 Å². The summed E-state index contributed by atoms with van der Waals surface area (Å²) in [5.74, 6) is -0.754. The summed E-state index contributed by atoms with van der Waals surface area (Å²) >= 11 is 0. The molecule has 1 aliphatic rings. The summed E-state index contributed by atoms with van der Waals surface area (Å²) < 4.78 is 31.4. The van der Waals surface area contributed by atoms with Crippen molar-refractivity contribution in [2.75, 3.05) is 0 Å². The fourth-order valence-corrected chi connectivity index (χ4v) is 2.91. The van der Waals surface area contributed by atoms with Gasteiger partial charge in [0.05, 0.1) is 4.90 Å². The van der Waals surface area contributed by atoms with Crippen LogP contribution in [-0.4, -0.2) is 24.5 Å². The van der Waals surface area contributed by atoms with Crippen LogP contribution in [0.5, 0.6) is 0 Å². The second kappa shape index (κ2) is 4.34. The zero-order valence-electron chi connectivity index (χ0n) is 11.0. The Balaban J connectivity index is 2.28. The minimum atomic E-state index is -4.42. The molecular weight excluding hydrogens is 292 g/mol. The predicted octanol–water partition coefficient (Wildman–Crippen LogP) is 2.02. The van der Waals surface area contributed by atoms with E-state index in [1.54, 1.807) is 18.2 Å². The van der Waals surface area contributed by atoms with Crippen molar-refractivity contribution in [1.29, 1.82) is 0 Å². The van der Waals surface area contributed by atoms with E-state index < -0.39 is 20.8 Å². The first-order valence-corrected chi connectivity index (χ1v) is 7.54. The van der Waals surface area contributed by atoms with Crippen molar-refractivity contribution in [3.05, 3.63) is 64.2 Å². The van der Waals surface area contributed by atoms with Gasteiger partial charge in [0, 0.05) is 22.3 Å². The van der Waals surface area contributed by atoms with E-state index in [1.165, 1.54) is 6.07 Å². The molecule has 0 aromatic heterocycles. The molecular formula is C15H10O5S. The zero-order valence-corrected chi connectivity index (χ0v) is 11.8. The summed E-state index contributed by atoms with van der Waals surface area (Å²) in [6, 6.07) is 8.29. The summed E-state index contributed by atoms with van der Waals surface area (Å²) in [4.78, 5) is 24.4. The average Bonchev–Trinajstić information content (AvgIpc) is 2.43. The molecule has 106 valence electrons. The number of hydrogen-bond donors (Lipinski definition) is 1. The first-order chi connectivity index (χ1) is 9.79. The fraction of sp³-hybridized carbons (Fsp3) is 0.0667. The van der Waals surface area contributed by atoms with Crippen molar-refractivity contribution >= 4 is 21.7 Å². The molecule has 2 aromatic carbocycles. The maximum absolute atomic E-state index is 12.4. The van der Waals surface area contributed by atoms with Crippen molar-refractivity contribution in [3.63, 3.8) is 0 Å². The molecule has 0 atom stereocenters. The van der Waals surface area contributed by atoms with Crippen LogP contribution in [0.15, 0.2) is 41.3 Å². The molecule has 3 rings (SSSR count). The molecule has 0 unspecified atom stereocenters. The third-order valence-corrected chi connectivity index (χ3v) is 4.29. The van der Waals surface area contributed by atoms with Gasteiger partial charge in [0.15, 0.2) is 11.6 Å². The van der Waals surface area contributed by atoms with Gasteiger partial charge in [0.1, 0.15) is 0 Å². The molecule has 0 bridgehead atoms. The summed E-state index contributed by atoms with van der Waals surface area (Å²) in [5.41, 5.74) is 1.54. The molecule has 0 heterocycles. The molecule has 1 aliphatic carbocycles. The Morgan fingerprint density at radius 1 is 0.810 bits per heavy atom. The van der Waals surface area contributed by atoms with E-state index in [-0.39, 0.29) is 22.5 Å². The quantitative estimate of drug-likeness (QED) is 0.695. The van der Waals surface area contributed by atoms with E-state index in [4.69, 9.17) is 4.55 Å². The Labute approximate surface area is 121 Å². The van der Waals surface area contributed by atoms with E-state index >= 15 is 0 Å². The number of carbonyl (C=O) groups excluding carboxylic acids is 2. The second-order valence-corrected chi connectivity index (χ2v) is 6.31. The number of carbonyl (C=O) groups is 2. The van der Waals surface area contributed by atoms with E-state index in [1.807, 2.05) is 6.92 Å². The Morgan fingerprint density at radius 3 is 1.90 bits per heavy atom. The number of fused-ring (bicyclic) bond motifs is 2. The van der Waals surface area contributed by atoms with Gasteiger partial charge < -0.3 is 0 Å². The Morgan fingerprint density at radius 2 is 1.33 bits per heavy atom. The predicted molar refractivity (Wildman–Crippen MR) is 74.3 cm³/mol. The Bertz CT molecular complexity index is 910. The topological polar surface area (TPSA) is 88.5 Å². The largest absolute Gasteiger partial charge is 0.294 e. The smallest absolute Gasteiger partial charge is 0.289 e. The van der Waals surface area contributed by atoms with Crippen molar-refractivity contribution in [3.8, 4) is 0 Å². The van der Waals surface area contributed by atoms with Gasteiger partial charge in [-0.1, -0.05) is 17.7 Å². The minimum absolute atomic E-state index is 0.00789. The molecule has 1 N–H and O–H groups in total. The van der Waals surface area contributed by atoms with E-state index in [0.29, 0.717) is 5.56 Å². The third-order valence-electron chi connectivity index (χ3n) is 3.44. The molecule has 6 heteroatoms. The van der Waals surface area contributed by atoms with E-state index in [0.717, 1.165) is 17.7 Å². The summed E-state index contributed by atoms with van der Waals surface area (Å²) in [5, 5.41) is 0. The fourth-order valence-electron chi connectivity index (χ4n) is 2.40. The normalized spacial score (nSPS) is 13.8. The molecule has 0 spiro atoms. The van der Waals surface area contributed by atoms with Crippen LogP contribution in [0.3, 0.4) is 0 Å². The number of rotatable bonds is 1. The highest BCUT2D eigenvalue weighted by Crippen LogP contribution is 2.29. The van der Waals surface area contributed by atoms with Gasteiger partial charge >= 0.3 is 0 Å². The lowest BCUT2D eigenvalue weighted by atomic mass is 9.83. The van der Waals surface area contributed by atoms with Gasteiger partial charge in [-0.15, -0.1) is 0 Å². The average molecular weight is 302 g/mol. The maximum atomic E-state index is 12.4. The molecule has 5 nitrogen and oxygen atoms in total. The molecule has 0 radical (unpaired) electrons. The summed E-state index contributed by atoms with van der Waals surface area (Å²) in [6.07, 6.45) is 0. The van der Waals surface area contributed by atoms with Gasteiger partial charge in [0.2, 0.25) is 0 Å². The van der Waals surface area contributed by atoms with Crippen molar-refractivity contribution in [2.45, 2.75) is 11.8 Å². The molecule has 0 aliphatic heterocycles. The second-order valence-electron chi connectivity index (χ2n) is 4.89. The highest BCUT2D eigenvalue weighted by Gasteiger charge is 2.30. The van der Waals surface area contributed by atoms with E-state index in [9.17, 15) is 18.0 Å². The molecule has 0 fully saturated rings. The lowest BCUT2D eigenvalue weighted by Crippen LogP contribution is -2.21. The molecule has 0 amide bonds. The summed E-state index contributed by atoms with van der Waals surface area (Å²) in [7, 11) is -4.42. The van der Waals surface area contributed by atoms with Crippen molar-refractivity contribution < 1.29 is 22.6 Å². The lowest BCUT2D eigenvalue weighted by Gasteiger charge is -2.18. The Kier molecular flexibility index (Phi) is 2.82. The van der Waals surface area contributed by atoms with Crippen LogP contribution in [-0.2, 0) is 10.1 Å². The van der Waals surface area contributed by atoms with Crippen LogP contribution in [0.2, 0.25) is 0 Å². The van der Waals surface area contributed by atoms with Gasteiger partial charge in [0.25, 0.3) is 10.1 Å². The lowest BCUT2D eigenvalue weighted by molar-refractivity contribution is 0.0979. The Hall–Kier alpha value is -2.31. The van der Waals surface area contributed by atoms with Crippen molar-refractivity contribution in [1.82, 2.24) is 0 Å². The standard InChI is InChI=1S/C15H10O5S/c1-8-2-4-10-12(6-8)14(16)11-5-3-9(21(18,19)20)7-13(11)15(10)17/h2-7H,1H3,(H,18,19,20). The molecule has 21 heavy (non-hydrogen) atoms. The van der Waals surface area contributed by atoms with Crippen LogP contribution in [0, 0.1) is 6.92 Å². The van der Waals surface area contributed by atoms with Crippen LogP contribution < -0.4 is 0 Å². The van der Waals surface area contributed by atoms with Crippen LogP contribution in [0.4, 0.5) is 0 Å².